The van der Waals surface area contributed by atoms with Crippen LogP contribution in [-0.2, 0) is 10.0 Å². The van der Waals surface area contributed by atoms with Crippen molar-refractivity contribution in [2.24, 2.45) is 0 Å². The molecule has 2 N–H and O–H groups in total. The minimum Gasteiger partial charge on any atom is -0.298 e. The number of carbonyl (C=O) groups excluding carboxylic acids is 1. The average molecular weight is 414 g/mol. The van der Waals surface area contributed by atoms with Crippen LogP contribution in [-0.4, -0.2) is 19.3 Å². The van der Waals surface area contributed by atoms with E-state index in [9.17, 15) is 13.2 Å². The fraction of sp³-hybridized carbons (Fsp3) is 0.200. The highest BCUT2D eigenvalue weighted by molar-refractivity contribution is 7.92. The summed E-state index contributed by atoms with van der Waals surface area (Å²) in [5.41, 5.74) is 2.76. The zero-order chi connectivity index (χ0) is 19.7. The molecule has 0 bridgehead atoms. The minimum atomic E-state index is -3.73. The number of carbonyl (C=O) groups is 1. The fourth-order valence-electron chi connectivity index (χ4n) is 2.76. The van der Waals surface area contributed by atoms with Gasteiger partial charge in [0.25, 0.3) is 15.9 Å². The highest BCUT2D eigenvalue weighted by Gasteiger charge is 2.26. The molecule has 144 valence electrons. The Hall–Kier alpha value is -2.71. The molecule has 28 heavy (non-hydrogen) atoms. The Morgan fingerprint density at radius 1 is 1.11 bits per heavy atom. The molecule has 0 unspecified atom stereocenters. The molecule has 1 fully saturated rings. The van der Waals surface area contributed by atoms with Gasteiger partial charge in [-0.05, 0) is 55.7 Å². The number of anilines is 2. The molecule has 8 heteroatoms. The van der Waals surface area contributed by atoms with Gasteiger partial charge in [-0.3, -0.25) is 14.8 Å². The van der Waals surface area contributed by atoms with E-state index in [2.05, 4.69) is 15.0 Å². The van der Waals surface area contributed by atoms with E-state index in [4.69, 9.17) is 0 Å². The predicted molar refractivity (Wildman–Crippen MR) is 110 cm³/mol. The van der Waals surface area contributed by atoms with Crippen molar-refractivity contribution in [1.82, 2.24) is 4.98 Å². The van der Waals surface area contributed by atoms with E-state index < -0.39 is 10.0 Å². The van der Waals surface area contributed by atoms with Gasteiger partial charge in [-0.15, -0.1) is 11.3 Å². The molecule has 3 aromatic rings. The van der Waals surface area contributed by atoms with Crippen molar-refractivity contribution in [1.29, 1.82) is 0 Å². The van der Waals surface area contributed by atoms with Crippen molar-refractivity contribution in [3.8, 4) is 0 Å². The van der Waals surface area contributed by atoms with Gasteiger partial charge >= 0.3 is 0 Å². The molecular weight excluding hydrogens is 394 g/mol. The Bertz CT molecular complexity index is 1120. The number of aryl methyl sites for hydroxylation is 1. The van der Waals surface area contributed by atoms with Crippen LogP contribution in [0.25, 0.3) is 0 Å². The molecule has 1 aromatic heterocycles. The molecule has 2 aromatic carbocycles. The monoisotopic (exact) mass is 413 g/mol. The summed E-state index contributed by atoms with van der Waals surface area (Å²) in [6.45, 7) is 1.83. The van der Waals surface area contributed by atoms with Crippen LogP contribution in [0.1, 0.15) is 40.4 Å². The molecule has 1 saturated carbocycles. The van der Waals surface area contributed by atoms with Gasteiger partial charge in [-0.1, -0.05) is 18.2 Å². The molecule has 1 aliphatic rings. The molecule has 4 rings (SSSR count). The smallest absolute Gasteiger partial charge is 0.261 e. The van der Waals surface area contributed by atoms with Crippen molar-refractivity contribution in [3.63, 3.8) is 0 Å². The normalized spacial score (nSPS) is 13.9. The summed E-state index contributed by atoms with van der Waals surface area (Å²) >= 11 is 1.40. The third-order valence-electron chi connectivity index (χ3n) is 4.55. The minimum absolute atomic E-state index is 0.0950. The Morgan fingerprint density at radius 2 is 1.82 bits per heavy atom. The van der Waals surface area contributed by atoms with Crippen LogP contribution in [0.3, 0.4) is 0 Å². The number of sulfonamides is 1. The number of hydrogen-bond acceptors (Lipinski definition) is 5. The van der Waals surface area contributed by atoms with Gasteiger partial charge in [0.15, 0.2) is 5.13 Å². The molecule has 0 spiro atoms. The number of thiazole rings is 1. The number of benzene rings is 2. The van der Waals surface area contributed by atoms with Gasteiger partial charge in [0.1, 0.15) is 0 Å². The number of amides is 1. The number of nitrogens with one attached hydrogen (secondary N) is 2. The third-order valence-corrected chi connectivity index (χ3v) is 6.71. The summed E-state index contributed by atoms with van der Waals surface area (Å²) in [5, 5.41) is 5.30. The van der Waals surface area contributed by atoms with Crippen LogP contribution in [0.2, 0.25) is 0 Å². The van der Waals surface area contributed by atoms with Crippen LogP contribution in [0.4, 0.5) is 10.8 Å². The third kappa shape index (κ3) is 4.07. The SMILES string of the molecule is Cc1ccccc1NS(=O)(=O)c1ccc(C(=O)Nc2nc(C3CC3)cs2)cc1. The largest absolute Gasteiger partial charge is 0.298 e. The quantitative estimate of drug-likeness (QED) is 0.628. The molecule has 6 nitrogen and oxygen atoms in total. The lowest BCUT2D eigenvalue weighted by molar-refractivity contribution is 0.102. The summed E-state index contributed by atoms with van der Waals surface area (Å²) in [5.74, 6) is 0.222. The van der Waals surface area contributed by atoms with Crippen LogP contribution in [0.15, 0.2) is 58.8 Å². The van der Waals surface area contributed by atoms with E-state index >= 15 is 0 Å². The first kappa shape index (κ1) is 18.6. The van der Waals surface area contributed by atoms with Crippen LogP contribution in [0, 0.1) is 6.92 Å². The van der Waals surface area contributed by atoms with E-state index in [1.165, 1.54) is 35.6 Å². The highest BCUT2D eigenvalue weighted by atomic mass is 32.2. The number of hydrogen-bond donors (Lipinski definition) is 2. The Labute approximate surface area is 167 Å². The zero-order valence-corrected chi connectivity index (χ0v) is 16.8. The molecule has 0 saturated heterocycles. The van der Waals surface area contributed by atoms with Crippen molar-refractivity contribution >= 4 is 38.1 Å². The number of aromatic nitrogens is 1. The second-order valence-corrected chi connectivity index (χ2v) is 9.29. The lowest BCUT2D eigenvalue weighted by Gasteiger charge is -2.10. The Kier molecular flexibility index (Phi) is 4.91. The van der Waals surface area contributed by atoms with Gasteiger partial charge in [0, 0.05) is 16.9 Å². The zero-order valence-electron chi connectivity index (χ0n) is 15.2. The first-order valence-corrected chi connectivity index (χ1v) is 11.2. The van der Waals surface area contributed by atoms with Crippen LogP contribution < -0.4 is 10.0 Å². The molecule has 0 aliphatic heterocycles. The summed E-state index contributed by atoms with van der Waals surface area (Å²) in [7, 11) is -3.73. The maximum atomic E-state index is 12.6. The summed E-state index contributed by atoms with van der Waals surface area (Å²) in [6, 6.07) is 13.0. The second-order valence-electron chi connectivity index (χ2n) is 6.75. The average Bonchev–Trinajstić information content (AvgIpc) is 3.43. The van der Waals surface area contributed by atoms with Gasteiger partial charge in [0.05, 0.1) is 16.3 Å². The van der Waals surface area contributed by atoms with Crippen molar-refractivity contribution < 1.29 is 13.2 Å². The number of para-hydroxylation sites is 1. The van der Waals surface area contributed by atoms with Gasteiger partial charge < -0.3 is 0 Å². The fourth-order valence-corrected chi connectivity index (χ4v) is 4.67. The van der Waals surface area contributed by atoms with Crippen molar-refractivity contribution in [2.75, 3.05) is 10.0 Å². The van der Waals surface area contributed by atoms with Gasteiger partial charge in [-0.2, -0.15) is 0 Å². The Morgan fingerprint density at radius 3 is 2.50 bits per heavy atom. The molecule has 1 amide bonds. The maximum absolute atomic E-state index is 12.6. The summed E-state index contributed by atoms with van der Waals surface area (Å²) < 4.78 is 27.7. The van der Waals surface area contributed by atoms with Crippen molar-refractivity contribution in [2.45, 2.75) is 30.6 Å². The van der Waals surface area contributed by atoms with E-state index in [1.54, 1.807) is 12.1 Å². The van der Waals surface area contributed by atoms with Crippen LogP contribution in [0.5, 0.6) is 0 Å². The van der Waals surface area contributed by atoms with Gasteiger partial charge in [0.2, 0.25) is 0 Å². The molecule has 1 heterocycles. The van der Waals surface area contributed by atoms with Crippen molar-refractivity contribution in [3.05, 3.63) is 70.7 Å². The number of rotatable bonds is 6. The second kappa shape index (κ2) is 7.37. The molecule has 0 atom stereocenters. The topological polar surface area (TPSA) is 88.2 Å². The summed E-state index contributed by atoms with van der Waals surface area (Å²) in [6.07, 6.45) is 2.31. The molecular formula is C20H19N3O3S2. The van der Waals surface area contributed by atoms with E-state index in [1.807, 2.05) is 24.4 Å². The lowest BCUT2D eigenvalue weighted by atomic mass is 10.2. The lowest BCUT2D eigenvalue weighted by Crippen LogP contribution is -2.15. The first-order chi connectivity index (χ1) is 13.4. The standard InChI is InChI=1S/C20H19N3O3S2/c1-13-4-2-3-5-17(13)23-28(25,26)16-10-8-15(9-11-16)19(24)22-20-21-18(12-27-20)14-6-7-14/h2-5,8-12,14,23H,6-7H2,1H3,(H,21,22,24). The number of nitrogens with zero attached hydrogens (tertiary/aromatic N) is 1. The van der Waals surface area contributed by atoms with E-state index in [-0.39, 0.29) is 10.8 Å². The predicted octanol–water partition coefficient (Wildman–Crippen LogP) is 4.38. The van der Waals surface area contributed by atoms with E-state index in [0.717, 1.165) is 24.1 Å². The Balaban J connectivity index is 1.46. The van der Waals surface area contributed by atoms with E-state index in [0.29, 0.717) is 22.3 Å². The van der Waals surface area contributed by atoms with Crippen LogP contribution >= 0.6 is 11.3 Å². The summed E-state index contributed by atoms with van der Waals surface area (Å²) in [4.78, 5) is 16.9. The molecule has 1 aliphatic carbocycles. The molecule has 0 radical (unpaired) electrons. The first-order valence-electron chi connectivity index (χ1n) is 8.88. The van der Waals surface area contributed by atoms with Gasteiger partial charge in [-0.25, -0.2) is 13.4 Å². The maximum Gasteiger partial charge on any atom is 0.261 e. The highest BCUT2D eigenvalue weighted by Crippen LogP contribution is 2.40.